The number of amides is 4. The van der Waals surface area contributed by atoms with Crippen LogP contribution < -0.4 is 20.3 Å². The number of rotatable bonds is 5. The number of imide groups is 1. The number of benzene rings is 1. The van der Waals surface area contributed by atoms with Crippen LogP contribution in [0, 0.1) is 0 Å². The molecule has 2 heterocycles. The summed E-state index contributed by atoms with van der Waals surface area (Å²) in [6, 6.07) is 7.38. The van der Waals surface area contributed by atoms with Crippen molar-refractivity contribution in [3.05, 3.63) is 24.3 Å². The molecule has 2 fully saturated rings. The number of nitrogens with one attached hydrogen (secondary N) is 2. The van der Waals surface area contributed by atoms with E-state index in [0.717, 1.165) is 42.3 Å². The summed E-state index contributed by atoms with van der Waals surface area (Å²) in [4.78, 5) is 39.6. The molecule has 0 unspecified atom stereocenters. The minimum Gasteiger partial charge on any atom is -0.495 e. The lowest BCUT2D eigenvalue weighted by molar-refractivity contribution is -0.134. The number of carbonyl (C=O) groups excluding carboxylic acids is 3. The highest BCUT2D eigenvalue weighted by Gasteiger charge is 2.45. The average Bonchev–Trinajstić information content (AvgIpc) is 2.84. The maximum Gasteiger partial charge on any atom is 0.325 e. The molecule has 0 spiro atoms. The van der Waals surface area contributed by atoms with E-state index in [-0.39, 0.29) is 24.4 Å². The van der Waals surface area contributed by atoms with Crippen molar-refractivity contribution in [2.75, 3.05) is 31.6 Å². The highest BCUT2D eigenvalue weighted by molar-refractivity contribution is 6.08. The van der Waals surface area contributed by atoms with E-state index < -0.39 is 11.6 Å². The number of anilines is 1. The number of ether oxygens (including phenoxy) is 1. The quantitative estimate of drug-likeness (QED) is 0.754. The molecule has 1 aromatic carbocycles. The van der Waals surface area contributed by atoms with E-state index in [4.69, 9.17) is 4.74 Å². The largest absolute Gasteiger partial charge is 0.495 e. The Morgan fingerprint density at radius 1 is 1.26 bits per heavy atom. The van der Waals surface area contributed by atoms with Gasteiger partial charge in [-0.1, -0.05) is 12.1 Å². The van der Waals surface area contributed by atoms with E-state index >= 15 is 0 Å². The van der Waals surface area contributed by atoms with Crippen LogP contribution in [0.15, 0.2) is 24.3 Å². The first-order valence-electron chi connectivity index (χ1n) is 9.13. The lowest BCUT2D eigenvalue weighted by Gasteiger charge is -2.34. The van der Waals surface area contributed by atoms with Gasteiger partial charge in [-0.25, -0.2) is 4.79 Å². The number of nitrogens with zero attached hydrogens (tertiary/aromatic N) is 2. The Balaban J connectivity index is 1.51. The summed E-state index contributed by atoms with van der Waals surface area (Å²) in [5.41, 5.74) is 0.0867. The van der Waals surface area contributed by atoms with Gasteiger partial charge in [0.25, 0.3) is 5.91 Å². The third kappa shape index (κ3) is 3.99. The number of hydrogen-bond donors (Lipinski definition) is 2. The van der Waals surface area contributed by atoms with Crippen molar-refractivity contribution >= 4 is 23.5 Å². The van der Waals surface area contributed by atoms with Gasteiger partial charge in [0.1, 0.15) is 17.8 Å². The monoisotopic (exact) mass is 374 g/mol. The first-order valence-corrected chi connectivity index (χ1v) is 9.13. The molecule has 4 amide bonds. The predicted octanol–water partition coefficient (Wildman–Crippen LogP) is 1.11. The van der Waals surface area contributed by atoms with Crippen LogP contribution in [0.1, 0.15) is 26.7 Å². The topological polar surface area (TPSA) is 91.0 Å². The molecule has 146 valence electrons. The summed E-state index contributed by atoms with van der Waals surface area (Å²) in [7, 11) is 1.66. The van der Waals surface area contributed by atoms with Crippen LogP contribution in [0.3, 0.4) is 0 Å². The van der Waals surface area contributed by atoms with Gasteiger partial charge < -0.3 is 20.3 Å². The third-order valence-electron chi connectivity index (χ3n) is 5.03. The molecule has 0 aliphatic carbocycles. The third-order valence-corrected chi connectivity index (χ3v) is 5.03. The number of carbonyl (C=O) groups is 3. The molecule has 0 saturated carbocycles. The van der Waals surface area contributed by atoms with Gasteiger partial charge in [0, 0.05) is 19.1 Å². The standard InChI is InChI=1S/C19H26N4O4/c1-19(2)17(25)23(18(26)21-19)12-16(24)20-13-8-10-22(11-9-13)14-6-4-5-7-15(14)27-3/h4-7,13H,8-12H2,1-3H3,(H,20,24)(H,21,26). The first-order chi connectivity index (χ1) is 12.8. The molecule has 0 radical (unpaired) electrons. The van der Waals surface area contributed by atoms with Crippen molar-refractivity contribution < 1.29 is 19.1 Å². The average molecular weight is 374 g/mol. The Morgan fingerprint density at radius 3 is 2.52 bits per heavy atom. The van der Waals surface area contributed by atoms with Crippen LogP contribution in [-0.4, -0.2) is 61.1 Å². The molecule has 8 nitrogen and oxygen atoms in total. The van der Waals surface area contributed by atoms with Crippen LogP contribution in [-0.2, 0) is 9.59 Å². The van der Waals surface area contributed by atoms with Gasteiger partial charge in [-0.05, 0) is 38.8 Å². The highest BCUT2D eigenvalue weighted by atomic mass is 16.5. The van der Waals surface area contributed by atoms with E-state index in [0.29, 0.717) is 0 Å². The Labute approximate surface area is 158 Å². The van der Waals surface area contributed by atoms with Crippen molar-refractivity contribution in [1.82, 2.24) is 15.5 Å². The van der Waals surface area contributed by atoms with Gasteiger partial charge >= 0.3 is 6.03 Å². The molecular formula is C19H26N4O4. The molecule has 2 saturated heterocycles. The summed E-state index contributed by atoms with van der Waals surface area (Å²) in [5.74, 6) is 0.141. The zero-order chi connectivity index (χ0) is 19.6. The molecule has 27 heavy (non-hydrogen) atoms. The Hall–Kier alpha value is -2.77. The van der Waals surface area contributed by atoms with Crippen LogP contribution in [0.2, 0.25) is 0 Å². The van der Waals surface area contributed by atoms with Gasteiger partial charge in [0.05, 0.1) is 12.8 Å². The highest BCUT2D eigenvalue weighted by Crippen LogP contribution is 2.29. The second-order valence-corrected chi connectivity index (χ2v) is 7.45. The molecule has 1 aromatic rings. The van der Waals surface area contributed by atoms with Gasteiger partial charge in [-0.3, -0.25) is 14.5 Å². The lowest BCUT2D eigenvalue weighted by atomic mass is 10.0. The lowest BCUT2D eigenvalue weighted by Crippen LogP contribution is -2.49. The summed E-state index contributed by atoms with van der Waals surface area (Å²) >= 11 is 0. The van der Waals surface area contributed by atoms with Gasteiger partial charge in [0.2, 0.25) is 5.91 Å². The summed E-state index contributed by atoms with van der Waals surface area (Å²) in [5, 5.41) is 5.52. The molecule has 0 aromatic heterocycles. The molecule has 2 N–H and O–H groups in total. The fourth-order valence-corrected chi connectivity index (χ4v) is 3.53. The molecule has 3 rings (SSSR count). The molecular weight excluding hydrogens is 348 g/mol. The van der Waals surface area contributed by atoms with E-state index in [9.17, 15) is 14.4 Å². The molecule has 2 aliphatic rings. The Bertz CT molecular complexity index is 741. The maximum absolute atomic E-state index is 12.3. The normalized spacial score (nSPS) is 19.8. The number of methoxy groups -OCH3 is 1. The number of urea groups is 1. The van der Waals surface area contributed by atoms with Crippen LogP contribution in [0.25, 0.3) is 0 Å². The first kappa shape index (κ1) is 19.0. The van der Waals surface area contributed by atoms with Crippen molar-refractivity contribution in [2.24, 2.45) is 0 Å². The van der Waals surface area contributed by atoms with E-state index in [1.807, 2.05) is 24.3 Å². The van der Waals surface area contributed by atoms with E-state index in [1.165, 1.54) is 0 Å². The van der Waals surface area contributed by atoms with E-state index in [2.05, 4.69) is 15.5 Å². The maximum atomic E-state index is 12.3. The minimum atomic E-state index is -0.961. The van der Waals surface area contributed by atoms with Crippen LogP contribution in [0.5, 0.6) is 5.75 Å². The minimum absolute atomic E-state index is 0.0252. The molecule has 2 aliphatic heterocycles. The van der Waals surface area contributed by atoms with Crippen LogP contribution in [0.4, 0.5) is 10.5 Å². The second kappa shape index (κ2) is 7.46. The molecule has 0 atom stereocenters. The second-order valence-electron chi connectivity index (χ2n) is 7.45. The summed E-state index contributed by atoms with van der Waals surface area (Å²) in [6.45, 7) is 4.58. The summed E-state index contributed by atoms with van der Waals surface area (Å²) in [6.07, 6.45) is 1.57. The zero-order valence-electron chi connectivity index (χ0n) is 15.9. The zero-order valence-corrected chi connectivity index (χ0v) is 15.9. The Kier molecular flexibility index (Phi) is 5.25. The fourth-order valence-electron chi connectivity index (χ4n) is 3.53. The fraction of sp³-hybridized carbons (Fsp3) is 0.526. The van der Waals surface area contributed by atoms with Gasteiger partial charge in [-0.15, -0.1) is 0 Å². The van der Waals surface area contributed by atoms with Crippen LogP contribution >= 0.6 is 0 Å². The van der Waals surface area contributed by atoms with Crippen molar-refractivity contribution in [3.8, 4) is 5.75 Å². The van der Waals surface area contributed by atoms with Gasteiger partial charge in [0.15, 0.2) is 0 Å². The molecule has 8 heteroatoms. The SMILES string of the molecule is COc1ccccc1N1CCC(NC(=O)CN2C(=O)NC(C)(C)C2=O)CC1. The number of hydrogen-bond acceptors (Lipinski definition) is 5. The number of piperidine rings is 1. The Morgan fingerprint density at radius 2 is 1.93 bits per heavy atom. The number of para-hydroxylation sites is 2. The van der Waals surface area contributed by atoms with Crippen molar-refractivity contribution in [1.29, 1.82) is 0 Å². The smallest absolute Gasteiger partial charge is 0.325 e. The van der Waals surface area contributed by atoms with Crippen molar-refractivity contribution in [2.45, 2.75) is 38.3 Å². The summed E-state index contributed by atoms with van der Waals surface area (Å²) < 4.78 is 5.41. The molecule has 0 bridgehead atoms. The van der Waals surface area contributed by atoms with Crippen molar-refractivity contribution in [3.63, 3.8) is 0 Å². The van der Waals surface area contributed by atoms with Gasteiger partial charge in [-0.2, -0.15) is 0 Å². The van der Waals surface area contributed by atoms with E-state index in [1.54, 1.807) is 21.0 Å². The predicted molar refractivity (Wildman–Crippen MR) is 101 cm³/mol.